The molecule has 20 heavy (non-hydrogen) atoms. The molecule has 1 heterocycles. The Morgan fingerprint density at radius 1 is 1.25 bits per heavy atom. The number of hydrogen-bond acceptors (Lipinski definition) is 4. The molecule has 0 aromatic heterocycles. The van der Waals surface area contributed by atoms with Crippen molar-refractivity contribution in [2.24, 2.45) is 5.73 Å². The molecule has 1 saturated heterocycles. The summed E-state index contributed by atoms with van der Waals surface area (Å²) < 4.78 is 14.0. The topological polar surface area (TPSA) is 52.7 Å². The fraction of sp³-hybridized carbons (Fsp3) is 0.600. The van der Waals surface area contributed by atoms with E-state index in [-0.39, 0.29) is 5.82 Å². The first-order valence-corrected chi connectivity index (χ1v) is 7.08. The lowest BCUT2D eigenvalue weighted by Gasteiger charge is -2.39. The van der Waals surface area contributed by atoms with E-state index in [0.29, 0.717) is 18.8 Å². The van der Waals surface area contributed by atoms with Gasteiger partial charge in [-0.05, 0) is 25.5 Å². The number of nitrogens with two attached hydrogens (primary N) is 1. The molecule has 0 saturated carbocycles. The molecule has 0 atom stereocenters. The van der Waals surface area contributed by atoms with Crippen LogP contribution in [0.25, 0.3) is 0 Å². The van der Waals surface area contributed by atoms with Crippen molar-refractivity contribution in [2.45, 2.75) is 26.0 Å². The predicted octanol–water partition coefficient (Wildman–Crippen LogP) is 1.18. The number of aliphatic hydroxyl groups is 1. The zero-order chi connectivity index (χ0) is 14.8. The van der Waals surface area contributed by atoms with Crippen LogP contribution in [0.2, 0.25) is 0 Å². The van der Waals surface area contributed by atoms with Crippen molar-refractivity contribution >= 4 is 5.69 Å². The zero-order valence-electron chi connectivity index (χ0n) is 12.3. The normalized spacial score (nSPS) is 17.6. The maximum atomic E-state index is 14.0. The van der Waals surface area contributed by atoms with Crippen LogP contribution in [0.3, 0.4) is 0 Å². The van der Waals surface area contributed by atoms with Crippen LogP contribution < -0.4 is 10.6 Å². The third-order valence-electron chi connectivity index (χ3n) is 3.59. The van der Waals surface area contributed by atoms with E-state index >= 15 is 0 Å². The van der Waals surface area contributed by atoms with Crippen LogP contribution in [-0.2, 0) is 6.54 Å². The molecule has 2 rings (SSSR count). The fourth-order valence-electron chi connectivity index (χ4n) is 2.76. The summed E-state index contributed by atoms with van der Waals surface area (Å²) >= 11 is 0. The van der Waals surface area contributed by atoms with Crippen molar-refractivity contribution in [1.82, 2.24) is 4.90 Å². The molecule has 0 aliphatic carbocycles. The molecular weight excluding hydrogens is 257 g/mol. The molecule has 0 unspecified atom stereocenters. The van der Waals surface area contributed by atoms with Crippen molar-refractivity contribution in [3.63, 3.8) is 0 Å². The van der Waals surface area contributed by atoms with Gasteiger partial charge in [0, 0.05) is 39.3 Å². The standard InChI is InChI=1S/C15H24FN3O/c1-15(2,20)11-18-6-8-19(9-7-18)14-12(10-17)4-3-5-13(14)16/h3-5,20H,6-11,17H2,1-2H3. The first kappa shape index (κ1) is 15.2. The summed E-state index contributed by atoms with van der Waals surface area (Å²) in [5.74, 6) is -0.205. The number of para-hydroxylation sites is 1. The van der Waals surface area contributed by atoms with Gasteiger partial charge in [-0.1, -0.05) is 12.1 Å². The molecule has 5 heteroatoms. The molecule has 0 radical (unpaired) electrons. The van der Waals surface area contributed by atoms with E-state index in [0.717, 1.165) is 31.7 Å². The first-order chi connectivity index (χ1) is 9.40. The summed E-state index contributed by atoms with van der Waals surface area (Å²) in [5, 5.41) is 9.85. The number of rotatable bonds is 4. The quantitative estimate of drug-likeness (QED) is 0.870. The Labute approximate surface area is 120 Å². The Bertz CT molecular complexity index is 451. The van der Waals surface area contributed by atoms with Gasteiger partial charge in [-0.15, -0.1) is 0 Å². The van der Waals surface area contributed by atoms with Crippen LogP contribution in [0.4, 0.5) is 10.1 Å². The Hall–Kier alpha value is -1.17. The molecule has 112 valence electrons. The lowest BCUT2D eigenvalue weighted by atomic mass is 10.1. The second-order valence-corrected chi connectivity index (χ2v) is 6.03. The van der Waals surface area contributed by atoms with E-state index in [1.165, 1.54) is 6.07 Å². The minimum Gasteiger partial charge on any atom is -0.389 e. The number of benzene rings is 1. The SMILES string of the molecule is CC(C)(O)CN1CCN(c2c(F)cccc2CN)CC1. The maximum absolute atomic E-state index is 14.0. The number of hydrogen-bond donors (Lipinski definition) is 2. The molecule has 1 aromatic rings. The van der Waals surface area contributed by atoms with Gasteiger partial charge in [0.25, 0.3) is 0 Å². The van der Waals surface area contributed by atoms with Gasteiger partial charge < -0.3 is 15.7 Å². The van der Waals surface area contributed by atoms with E-state index in [1.807, 2.05) is 19.9 Å². The van der Waals surface area contributed by atoms with Crippen LogP contribution in [-0.4, -0.2) is 48.3 Å². The fourth-order valence-corrected chi connectivity index (χ4v) is 2.76. The van der Waals surface area contributed by atoms with E-state index in [1.54, 1.807) is 6.07 Å². The molecule has 0 spiro atoms. The van der Waals surface area contributed by atoms with E-state index < -0.39 is 5.60 Å². The Morgan fingerprint density at radius 3 is 2.45 bits per heavy atom. The van der Waals surface area contributed by atoms with Crippen molar-refractivity contribution in [2.75, 3.05) is 37.6 Å². The van der Waals surface area contributed by atoms with Crippen LogP contribution in [0.5, 0.6) is 0 Å². The van der Waals surface area contributed by atoms with Gasteiger partial charge in [-0.3, -0.25) is 4.90 Å². The number of anilines is 1. The number of nitrogens with zero attached hydrogens (tertiary/aromatic N) is 2. The van der Waals surface area contributed by atoms with Gasteiger partial charge in [-0.25, -0.2) is 4.39 Å². The number of halogens is 1. The van der Waals surface area contributed by atoms with Gasteiger partial charge in [0.15, 0.2) is 0 Å². The monoisotopic (exact) mass is 281 g/mol. The summed E-state index contributed by atoms with van der Waals surface area (Å²) in [6.45, 7) is 7.75. The van der Waals surface area contributed by atoms with E-state index in [9.17, 15) is 9.50 Å². The molecule has 4 nitrogen and oxygen atoms in total. The molecular formula is C15H24FN3O. The number of β-amino-alcohol motifs (C(OH)–C–C–N with tert-alkyl or cyclic N) is 1. The van der Waals surface area contributed by atoms with Crippen molar-refractivity contribution in [1.29, 1.82) is 0 Å². The Kier molecular flexibility index (Phi) is 4.62. The summed E-state index contributed by atoms with van der Waals surface area (Å²) in [4.78, 5) is 4.26. The zero-order valence-corrected chi connectivity index (χ0v) is 12.3. The molecule has 1 aliphatic rings. The highest BCUT2D eigenvalue weighted by molar-refractivity contribution is 5.55. The van der Waals surface area contributed by atoms with Crippen LogP contribution in [0, 0.1) is 5.82 Å². The van der Waals surface area contributed by atoms with Crippen molar-refractivity contribution in [3.05, 3.63) is 29.6 Å². The molecule has 0 bridgehead atoms. The average molecular weight is 281 g/mol. The second kappa shape index (κ2) is 6.08. The summed E-state index contributed by atoms with van der Waals surface area (Å²) in [5.41, 5.74) is 6.49. The molecule has 1 aromatic carbocycles. The van der Waals surface area contributed by atoms with Crippen LogP contribution in [0.15, 0.2) is 18.2 Å². The second-order valence-electron chi connectivity index (χ2n) is 6.03. The third-order valence-corrected chi connectivity index (χ3v) is 3.59. The van der Waals surface area contributed by atoms with Gasteiger partial charge in [0.05, 0.1) is 11.3 Å². The lowest BCUT2D eigenvalue weighted by Crippen LogP contribution is -2.51. The van der Waals surface area contributed by atoms with Gasteiger partial charge in [0.2, 0.25) is 0 Å². The van der Waals surface area contributed by atoms with E-state index in [4.69, 9.17) is 5.73 Å². The lowest BCUT2D eigenvalue weighted by molar-refractivity contribution is 0.0344. The molecule has 1 fully saturated rings. The van der Waals surface area contributed by atoms with Gasteiger partial charge in [0.1, 0.15) is 5.82 Å². The van der Waals surface area contributed by atoms with Crippen LogP contribution >= 0.6 is 0 Å². The van der Waals surface area contributed by atoms with E-state index in [2.05, 4.69) is 9.80 Å². The molecule has 1 aliphatic heterocycles. The van der Waals surface area contributed by atoms with Gasteiger partial charge >= 0.3 is 0 Å². The third kappa shape index (κ3) is 3.69. The summed E-state index contributed by atoms with van der Waals surface area (Å²) in [7, 11) is 0. The molecule has 0 amide bonds. The highest BCUT2D eigenvalue weighted by Gasteiger charge is 2.24. The smallest absolute Gasteiger partial charge is 0.146 e. The maximum Gasteiger partial charge on any atom is 0.146 e. The summed E-state index contributed by atoms with van der Waals surface area (Å²) in [6, 6.07) is 5.06. The van der Waals surface area contributed by atoms with Crippen molar-refractivity contribution in [3.8, 4) is 0 Å². The Morgan fingerprint density at radius 2 is 1.90 bits per heavy atom. The number of piperazine rings is 1. The summed E-state index contributed by atoms with van der Waals surface area (Å²) in [6.07, 6.45) is 0. The van der Waals surface area contributed by atoms with Crippen molar-refractivity contribution < 1.29 is 9.50 Å². The van der Waals surface area contributed by atoms with Crippen LogP contribution in [0.1, 0.15) is 19.4 Å². The average Bonchev–Trinajstić information content (AvgIpc) is 2.38. The van der Waals surface area contributed by atoms with Gasteiger partial charge in [-0.2, -0.15) is 0 Å². The Balaban J connectivity index is 2.04. The first-order valence-electron chi connectivity index (χ1n) is 7.08. The largest absolute Gasteiger partial charge is 0.389 e. The highest BCUT2D eigenvalue weighted by Crippen LogP contribution is 2.25. The molecule has 3 N–H and O–H groups in total. The highest BCUT2D eigenvalue weighted by atomic mass is 19.1. The minimum absolute atomic E-state index is 0.205. The predicted molar refractivity (Wildman–Crippen MR) is 79.2 cm³/mol. The minimum atomic E-state index is -0.692.